The number of rotatable bonds is 8. The van der Waals surface area contributed by atoms with E-state index in [1.165, 1.54) is 23.7 Å². The van der Waals surface area contributed by atoms with Crippen molar-refractivity contribution in [2.24, 2.45) is 30.5 Å². The molecule has 2 amide bonds. The number of carbonyl (C=O) groups is 2. The number of imidazole rings is 1. The lowest BCUT2D eigenvalue weighted by Gasteiger charge is -2.39. The molecule has 0 spiro atoms. The molecule has 3 atom stereocenters. The molecule has 47 heavy (non-hydrogen) atoms. The van der Waals surface area contributed by atoms with Crippen molar-refractivity contribution < 1.29 is 14.3 Å². The van der Waals surface area contributed by atoms with Crippen molar-refractivity contribution in [3.63, 3.8) is 0 Å². The lowest BCUT2D eigenvalue weighted by Crippen LogP contribution is -2.51. The number of aryl methyl sites for hydroxylation is 1. The Bertz CT molecular complexity index is 2050. The van der Waals surface area contributed by atoms with Gasteiger partial charge in [0, 0.05) is 80.4 Å². The number of amides is 2. The maximum atomic E-state index is 13.9. The molecule has 4 fully saturated rings. The molecule has 2 aliphatic carbocycles. The van der Waals surface area contributed by atoms with Gasteiger partial charge < -0.3 is 29.4 Å². The van der Waals surface area contributed by atoms with Crippen LogP contribution in [0.15, 0.2) is 54.9 Å². The third-order valence-electron chi connectivity index (χ3n) is 11.0. The van der Waals surface area contributed by atoms with Crippen molar-refractivity contribution in [2.75, 3.05) is 26.7 Å². The Morgan fingerprint density at radius 1 is 0.936 bits per heavy atom. The van der Waals surface area contributed by atoms with Gasteiger partial charge >= 0.3 is 0 Å². The SMILES string of the molecule is COc1cc(C(=O)N2C[C@H]3CC[C@@H]2[C@@H]3N)cc2nc(-c3cc4ccccc4n3CC3CC3)n(CC3CN(C(=O)c4cnn(C)c4)C3)c12. The lowest BCUT2D eigenvalue weighted by molar-refractivity contribution is 0.0471. The molecule has 2 aliphatic heterocycles. The van der Waals surface area contributed by atoms with Crippen LogP contribution in [0.1, 0.15) is 46.4 Å². The van der Waals surface area contributed by atoms with Crippen molar-refractivity contribution in [1.82, 2.24) is 33.7 Å². The molecule has 2 bridgehead atoms. The number of piperidine rings is 1. The average Bonchev–Trinajstić information content (AvgIpc) is 3.34. The van der Waals surface area contributed by atoms with E-state index in [4.69, 9.17) is 15.5 Å². The van der Waals surface area contributed by atoms with E-state index >= 15 is 0 Å². The van der Waals surface area contributed by atoms with Crippen molar-refractivity contribution in [2.45, 2.75) is 50.9 Å². The van der Waals surface area contributed by atoms with Crippen LogP contribution in [0.5, 0.6) is 5.75 Å². The zero-order valence-electron chi connectivity index (χ0n) is 26.9. The predicted molar refractivity (Wildman–Crippen MR) is 178 cm³/mol. The summed E-state index contributed by atoms with van der Waals surface area (Å²) in [6.07, 6.45) is 7.93. The van der Waals surface area contributed by atoms with Crippen molar-refractivity contribution in [1.29, 1.82) is 0 Å². The van der Waals surface area contributed by atoms with E-state index in [0.717, 1.165) is 41.9 Å². The van der Waals surface area contributed by atoms with E-state index in [2.05, 4.69) is 44.6 Å². The first-order chi connectivity index (χ1) is 22.9. The molecule has 2 saturated carbocycles. The number of para-hydroxylation sites is 1. The Morgan fingerprint density at radius 3 is 2.45 bits per heavy atom. The summed E-state index contributed by atoms with van der Waals surface area (Å²) in [5.74, 6) is 2.77. The summed E-state index contributed by atoms with van der Waals surface area (Å²) in [7, 11) is 3.48. The molecular formula is C36H40N8O3. The third kappa shape index (κ3) is 4.65. The Morgan fingerprint density at radius 2 is 1.74 bits per heavy atom. The minimum absolute atomic E-state index is 0.00431. The Kier molecular flexibility index (Phi) is 6.50. The van der Waals surface area contributed by atoms with Crippen molar-refractivity contribution in [3.8, 4) is 17.3 Å². The second-order valence-corrected chi connectivity index (χ2v) is 14.2. The van der Waals surface area contributed by atoms with Crippen LogP contribution in [0.2, 0.25) is 0 Å². The number of carbonyl (C=O) groups excluding carboxylic acids is 2. The highest BCUT2D eigenvalue weighted by atomic mass is 16.5. The molecule has 4 aliphatic rings. The van der Waals surface area contributed by atoms with Crippen LogP contribution < -0.4 is 10.5 Å². The minimum atomic E-state index is -0.00431. The van der Waals surface area contributed by atoms with Gasteiger partial charge in [-0.05, 0) is 61.8 Å². The number of fused-ring (bicyclic) bond motifs is 4. The van der Waals surface area contributed by atoms with E-state index in [1.54, 1.807) is 24.2 Å². The Labute approximate surface area is 272 Å². The summed E-state index contributed by atoms with van der Waals surface area (Å²) in [6, 6.07) is 14.7. The maximum absolute atomic E-state index is 13.9. The predicted octanol–water partition coefficient (Wildman–Crippen LogP) is 4.14. The van der Waals surface area contributed by atoms with Gasteiger partial charge in [-0.1, -0.05) is 18.2 Å². The summed E-state index contributed by atoms with van der Waals surface area (Å²) in [6.45, 7) is 3.62. The van der Waals surface area contributed by atoms with Gasteiger partial charge in [0.25, 0.3) is 11.8 Å². The highest BCUT2D eigenvalue weighted by Gasteiger charge is 2.47. The Hall–Kier alpha value is -4.64. The van der Waals surface area contributed by atoms with Gasteiger partial charge in [0.15, 0.2) is 5.82 Å². The summed E-state index contributed by atoms with van der Waals surface area (Å²) in [4.78, 5) is 36.2. The zero-order chi connectivity index (χ0) is 32.0. The number of ether oxygens (including phenoxy) is 1. The zero-order valence-corrected chi connectivity index (χ0v) is 26.9. The fourth-order valence-corrected chi connectivity index (χ4v) is 8.30. The van der Waals surface area contributed by atoms with Gasteiger partial charge in [0.2, 0.25) is 0 Å². The molecular weight excluding hydrogens is 592 g/mol. The molecule has 5 heterocycles. The van der Waals surface area contributed by atoms with Crippen LogP contribution in [0.4, 0.5) is 0 Å². The number of hydrogen-bond acceptors (Lipinski definition) is 6. The molecule has 2 N–H and O–H groups in total. The molecule has 0 radical (unpaired) electrons. The second-order valence-electron chi connectivity index (χ2n) is 14.2. The summed E-state index contributed by atoms with van der Waals surface area (Å²) < 4.78 is 12.4. The van der Waals surface area contributed by atoms with E-state index in [-0.39, 0.29) is 29.8 Å². The van der Waals surface area contributed by atoms with Crippen molar-refractivity contribution in [3.05, 3.63) is 66.0 Å². The van der Waals surface area contributed by atoms with Crippen LogP contribution in [0.3, 0.4) is 0 Å². The molecule has 242 valence electrons. The van der Waals surface area contributed by atoms with Gasteiger partial charge in [-0.2, -0.15) is 5.10 Å². The molecule has 2 saturated heterocycles. The van der Waals surface area contributed by atoms with Crippen LogP contribution in [-0.2, 0) is 20.1 Å². The number of nitrogens with two attached hydrogens (primary N) is 1. The van der Waals surface area contributed by atoms with E-state index < -0.39 is 0 Å². The first-order valence-electron chi connectivity index (χ1n) is 16.9. The average molecular weight is 633 g/mol. The van der Waals surface area contributed by atoms with E-state index in [0.29, 0.717) is 54.9 Å². The van der Waals surface area contributed by atoms with Gasteiger partial charge in [-0.25, -0.2) is 4.98 Å². The lowest BCUT2D eigenvalue weighted by atomic mass is 9.99. The highest BCUT2D eigenvalue weighted by Crippen LogP contribution is 2.41. The van der Waals surface area contributed by atoms with Crippen LogP contribution in [0, 0.1) is 17.8 Å². The van der Waals surface area contributed by atoms with Gasteiger partial charge in [-0.3, -0.25) is 14.3 Å². The number of methoxy groups -OCH3 is 1. The summed E-state index contributed by atoms with van der Waals surface area (Å²) in [5, 5.41) is 5.36. The summed E-state index contributed by atoms with van der Waals surface area (Å²) >= 11 is 0. The normalized spacial score (nSPS) is 22.5. The minimum Gasteiger partial charge on any atom is -0.494 e. The largest absolute Gasteiger partial charge is 0.494 e. The maximum Gasteiger partial charge on any atom is 0.257 e. The molecule has 11 nitrogen and oxygen atoms in total. The van der Waals surface area contributed by atoms with E-state index in [9.17, 15) is 9.59 Å². The fourth-order valence-electron chi connectivity index (χ4n) is 8.30. The number of nitrogens with zero attached hydrogens (tertiary/aromatic N) is 7. The standard InChI is InChI=1S/C36H40N8O3/c1-40-19-26(14-38-40)35(45)41-15-22(16-41)18-44-33-27(11-25(13-31(33)47-2)36(46)43-20-24-9-10-29(43)32(24)37)39-34(44)30-12-23-5-3-4-6-28(23)42(30)17-21-7-8-21/h3-6,11-14,19,21-22,24,29,32H,7-10,15-18,20,37H2,1-2H3/t24-,29-,32-/m1/s1. The van der Waals surface area contributed by atoms with Gasteiger partial charge in [-0.15, -0.1) is 0 Å². The highest BCUT2D eigenvalue weighted by molar-refractivity contribution is 6.00. The first kappa shape index (κ1) is 28.6. The summed E-state index contributed by atoms with van der Waals surface area (Å²) in [5.41, 5.74) is 11.5. The number of benzene rings is 2. The third-order valence-corrected chi connectivity index (χ3v) is 11.0. The number of likely N-dealkylation sites (tertiary alicyclic amines) is 2. The Balaban J connectivity index is 1.12. The monoisotopic (exact) mass is 632 g/mol. The second kappa shape index (κ2) is 10.7. The molecule has 9 rings (SSSR count). The van der Waals surface area contributed by atoms with Crippen molar-refractivity contribution >= 4 is 33.8 Å². The van der Waals surface area contributed by atoms with Crippen LogP contribution >= 0.6 is 0 Å². The van der Waals surface area contributed by atoms with E-state index in [1.807, 2.05) is 29.0 Å². The first-order valence-corrected chi connectivity index (χ1v) is 16.9. The van der Waals surface area contributed by atoms with Gasteiger partial charge in [0.1, 0.15) is 11.3 Å². The van der Waals surface area contributed by atoms with Crippen LogP contribution in [0.25, 0.3) is 33.5 Å². The fraction of sp³-hybridized carbons (Fsp3) is 0.444. The molecule has 5 aromatic rings. The molecule has 3 aromatic heterocycles. The molecule has 2 aromatic carbocycles. The quantitative estimate of drug-likeness (QED) is 0.275. The van der Waals surface area contributed by atoms with Gasteiger partial charge in [0.05, 0.1) is 30.1 Å². The topological polar surface area (TPSA) is 116 Å². The molecule has 0 unspecified atom stereocenters. The number of hydrogen-bond donors (Lipinski definition) is 1. The number of aromatic nitrogens is 5. The van der Waals surface area contributed by atoms with Crippen LogP contribution in [-0.4, -0.2) is 84.3 Å². The smallest absolute Gasteiger partial charge is 0.257 e. The molecule has 11 heteroatoms.